The average Bonchev–Trinajstić information content (AvgIpc) is 3.12. The lowest BCUT2D eigenvalue weighted by Gasteiger charge is -2.34. The van der Waals surface area contributed by atoms with E-state index in [1.807, 2.05) is 38.1 Å². The number of imidazole rings is 1. The van der Waals surface area contributed by atoms with Crippen LogP contribution in [0.3, 0.4) is 0 Å². The van der Waals surface area contributed by atoms with Gasteiger partial charge in [0.05, 0.1) is 17.9 Å². The Hall–Kier alpha value is -1.96. The molecule has 2 heterocycles. The van der Waals surface area contributed by atoms with E-state index in [9.17, 15) is 8.42 Å². The van der Waals surface area contributed by atoms with Crippen LogP contribution in [-0.4, -0.2) is 35.3 Å². The van der Waals surface area contributed by atoms with Crippen molar-refractivity contribution in [2.45, 2.75) is 52.1 Å². The molecule has 6 nitrogen and oxygen atoms in total. The van der Waals surface area contributed by atoms with Crippen LogP contribution < -0.4 is 4.72 Å². The van der Waals surface area contributed by atoms with Gasteiger partial charge in [-0.2, -0.15) is 17.4 Å². The number of nitrogens with one attached hydrogen (secondary N) is 2. The monoisotopic (exact) mass is 388 g/mol. The van der Waals surface area contributed by atoms with E-state index >= 15 is 0 Å². The summed E-state index contributed by atoms with van der Waals surface area (Å²) in [5.41, 5.74) is 3.15. The number of piperidine rings is 1. The third-order valence-electron chi connectivity index (χ3n) is 4.85. The van der Waals surface area contributed by atoms with E-state index in [0.29, 0.717) is 12.4 Å². The normalized spacial score (nSPS) is 20.2. The summed E-state index contributed by atoms with van der Waals surface area (Å²) >= 11 is 0. The number of nitrogens with zero attached hydrogens (tertiary/aromatic N) is 2. The first kappa shape index (κ1) is 19.8. The van der Waals surface area contributed by atoms with Crippen LogP contribution in [0.1, 0.15) is 50.5 Å². The maximum Gasteiger partial charge on any atom is 0.280 e. The Bertz CT molecular complexity index is 887. The highest BCUT2D eigenvalue weighted by molar-refractivity contribution is 7.87. The summed E-state index contributed by atoms with van der Waals surface area (Å²) in [5.74, 6) is 0.703. The summed E-state index contributed by atoms with van der Waals surface area (Å²) in [6.45, 7) is 6.26. The zero-order valence-corrected chi connectivity index (χ0v) is 17.0. The lowest BCUT2D eigenvalue weighted by Crippen LogP contribution is -2.47. The second-order valence-electron chi connectivity index (χ2n) is 7.11. The standard InChI is InChI=1S/C20H28N4O2S/c1-4-7-16(3)23-27(25,26)24-13-6-5-8-19(24)20-21-14-18(22-20)17-11-9-15(2)10-12-17/h4,7,9-12,14,16,19,23H,5-6,8,13H2,1-3H3,(H,21,22). The fraction of sp³-hybridized carbons (Fsp3) is 0.450. The van der Waals surface area contributed by atoms with Gasteiger partial charge in [-0.1, -0.05) is 48.4 Å². The molecule has 0 aliphatic carbocycles. The van der Waals surface area contributed by atoms with Crippen molar-refractivity contribution in [2.24, 2.45) is 0 Å². The minimum absolute atomic E-state index is 0.248. The van der Waals surface area contributed by atoms with E-state index < -0.39 is 10.2 Å². The third-order valence-corrected chi connectivity index (χ3v) is 6.58. The van der Waals surface area contributed by atoms with Gasteiger partial charge >= 0.3 is 0 Å². The molecule has 2 unspecified atom stereocenters. The number of aromatic nitrogens is 2. The Morgan fingerprint density at radius 2 is 2.04 bits per heavy atom. The number of rotatable bonds is 6. The lowest BCUT2D eigenvalue weighted by molar-refractivity contribution is 0.244. The number of hydrogen-bond donors (Lipinski definition) is 2. The first-order valence-electron chi connectivity index (χ1n) is 9.44. The summed E-state index contributed by atoms with van der Waals surface area (Å²) in [6, 6.07) is 7.68. The predicted octanol–water partition coefficient (Wildman–Crippen LogP) is 3.71. The first-order valence-corrected chi connectivity index (χ1v) is 10.9. The maximum absolute atomic E-state index is 12.9. The van der Waals surface area contributed by atoms with Gasteiger partial charge in [0.25, 0.3) is 10.2 Å². The molecule has 0 amide bonds. The van der Waals surface area contributed by atoms with Crippen LogP contribution in [0.5, 0.6) is 0 Å². The van der Waals surface area contributed by atoms with Gasteiger partial charge in [0, 0.05) is 12.6 Å². The van der Waals surface area contributed by atoms with Gasteiger partial charge in [-0.15, -0.1) is 0 Å². The van der Waals surface area contributed by atoms with E-state index in [1.54, 1.807) is 10.5 Å². The van der Waals surface area contributed by atoms with Gasteiger partial charge in [-0.05, 0) is 39.2 Å². The van der Waals surface area contributed by atoms with Crippen LogP contribution in [0, 0.1) is 6.92 Å². The van der Waals surface area contributed by atoms with Crippen molar-refractivity contribution < 1.29 is 8.42 Å². The summed E-state index contributed by atoms with van der Waals surface area (Å²) in [4.78, 5) is 7.85. The molecule has 0 saturated carbocycles. The molecule has 1 fully saturated rings. The molecule has 1 aromatic heterocycles. The fourth-order valence-corrected chi connectivity index (χ4v) is 5.08. The molecule has 1 aliphatic rings. The number of aromatic amines is 1. The maximum atomic E-state index is 12.9. The van der Waals surface area contributed by atoms with E-state index in [0.717, 1.165) is 30.5 Å². The molecule has 0 radical (unpaired) electrons. The molecule has 0 spiro atoms. The van der Waals surface area contributed by atoms with Gasteiger partial charge in [0.15, 0.2) is 0 Å². The molecule has 3 rings (SSSR count). The van der Waals surface area contributed by atoms with Crippen molar-refractivity contribution in [3.63, 3.8) is 0 Å². The molecule has 2 N–H and O–H groups in total. The lowest BCUT2D eigenvalue weighted by atomic mass is 10.0. The Morgan fingerprint density at radius 1 is 1.30 bits per heavy atom. The molecule has 1 aliphatic heterocycles. The SMILES string of the molecule is CC=CC(C)NS(=O)(=O)N1CCCCC1c1ncc(-c2ccc(C)cc2)[nH]1. The van der Waals surface area contributed by atoms with Crippen molar-refractivity contribution >= 4 is 10.2 Å². The van der Waals surface area contributed by atoms with Crippen LogP contribution in [0.2, 0.25) is 0 Å². The number of aryl methyl sites for hydroxylation is 1. The molecule has 2 aromatic rings. The highest BCUT2D eigenvalue weighted by Crippen LogP contribution is 2.32. The number of benzene rings is 1. The first-order chi connectivity index (χ1) is 12.9. The number of H-pyrrole nitrogens is 1. The quantitative estimate of drug-likeness (QED) is 0.741. The number of hydrogen-bond acceptors (Lipinski definition) is 3. The molecule has 146 valence electrons. The predicted molar refractivity (Wildman–Crippen MR) is 108 cm³/mol. The molecule has 1 aromatic carbocycles. The topological polar surface area (TPSA) is 78.1 Å². The fourth-order valence-electron chi connectivity index (χ4n) is 3.48. The van der Waals surface area contributed by atoms with E-state index in [4.69, 9.17) is 0 Å². The minimum atomic E-state index is -3.59. The Morgan fingerprint density at radius 3 is 2.74 bits per heavy atom. The van der Waals surface area contributed by atoms with E-state index in [-0.39, 0.29) is 12.1 Å². The van der Waals surface area contributed by atoms with Crippen LogP contribution >= 0.6 is 0 Å². The smallest absolute Gasteiger partial charge is 0.280 e. The Labute approximate surface area is 161 Å². The van der Waals surface area contributed by atoms with Crippen LogP contribution in [-0.2, 0) is 10.2 Å². The molecule has 2 atom stereocenters. The van der Waals surface area contributed by atoms with Crippen molar-refractivity contribution in [3.05, 3.63) is 54.0 Å². The van der Waals surface area contributed by atoms with Crippen LogP contribution in [0.4, 0.5) is 0 Å². The van der Waals surface area contributed by atoms with Crippen LogP contribution in [0.25, 0.3) is 11.3 Å². The highest BCUT2D eigenvalue weighted by atomic mass is 32.2. The third kappa shape index (κ3) is 4.66. The minimum Gasteiger partial charge on any atom is -0.341 e. The zero-order chi connectivity index (χ0) is 19.4. The Kier molecular flexibility index (Phi) is 6.14. The highest BCUT2D eigenvalue weighted by Gasteiger charge is 2.35. The van der Waals surface area contributed by atoms with Gasteiger partial charge in [0.1, 0.15) is 5.82 Å². The largest absolute Gasteiger partial charge is 0.341 e. The van der Waals surface area contributed by atoms with Crippen LogP contribution in [0.15, 0.2) is 42.6 Å². The summed E-state index contributed by atoms with van der Waals surface area (Å²) in [5, 5.41) is 0. The second kappa shape index (κ2) is 8.37. The molecular formula is C20H28N4O2S. The van der Waals surface area contributed by atoms with Gasteiger partial charge in [-0.25, -0.2) is 4.98 Å². The van der Waals surface area contributed by atoms with Crippen molar-refractivity contribution in [1.82, 2.24) is 19.0 Å². The number of allylic oxidation sites excluding steroid dienone is 1. The van der Waals surface area contributed by atoms with Crippen molar-refractivity contribution in [2.75, 3.05) is 6.54 Å². The summed E-state index contributed by atoms with van der Waals surface area (Å²) in [7, 11) is -3.59. The van der Waals surface area contributed by atoms with Crippen molar-refractivity contribution in [1.29, 1.82) is 0 Å². The van der Waals surface area contributed by atoms with Gasteiger partial charge in [-0.3, -0.25) is 0 Å². The average molecular weight is 389 g/mol. The summed E-state index contributed by atoms with van der Waals surface area (Å²) in [6.07, 6.45) is 8.08. The molecular weight excluding hydrogens is 360 g/mol. The van der Waals surface area contributed by atoms with E-state index in [2.05, 4.69) is 33.7 Å². The van der Waals surface area contributed by atoms with Gasteiger partial charge < -0.3 is 4.98 Å². The van der Waals surface area contributed by atoms with Gasteiger partial charge in [0.2, 0.25) is 0 Å². The van der Waals surface area contributed by atoms with E-state index in [1.165, 1.54) is 5.56 Å². The molecule has 1 saturated heterocycles. The Balaban J connectivity index is 1.84. The van der Waals surface area contributed by atoms with Crippen molar-refractivity contribution in [3.8, 4) is 11.3 Å². The second-order valence-corrected chi connectivity index (χ2v) is 8.76. The zero-order valence-electron chi connectivity index (χ0n) is 16.1. The summed E-state index contributed by atoms with van der Waals surface area (Å²) < 4.78 is 30.1. The molecule has 7 heteroatoms. The molecule has 0 bridgehead atoms. The molecule has 27 heavy (non-hydrogen) atoms.